The van der Waals surface area contributed by atoms with Crippen molar-refractivity contribution in [2.24, 2.45) is 5.92 Å². The predicted molar refractivity (Wildman–Crippen MR) is 88.8 cm³/mol. The van der Waals surface area contributed by atoms with Crippen molar-refractivity contribution in [1.82, 2.24) is 16.0 Å². The number of aliphatic carboxylic acids is 2. The van der Waals surface area contributed by atoms with E-state index in [1.807, 2.05) is 13.8 Å². The van der Waals surface area contributed by atoms with Crippen LogP contribution in [0.4, 0.5) is 0 Å². The summed E-state index contributed by atoms with van der Waals surface area (Å²) >= 11 is 0. The normalized spacial score (nSPS) is 19.2. The highest BCUT2D eigenvalue weighted by atomic mass is 16.4. The van der Waals surface area contributed by atoms with Gasteiger partial charge in [-0.2, -0.15) is 0 Å². The van der Waals surface area contributed by atoms with Crippen molar-refractivity contribution in [3.63, 3.8) is 0 Å². The Balaban J connectivity index is 2.74. The minimum absolute atomic E-state index is 0.0520. The maximum atomic E-state index is 12.4. The zero-order valence-electron chi connectivity index (χ0n) is 14.6. The van der Waals surface area contributed by atoms with Crippen LogP contribution in [0.5, 0.6) is 0 Å². The fourth-order valence-electron chi connectivity index (χ4n) is 2.68. The molecule has 1 rings (SSSR count). The molecule has 0 radical (unpaired) electrons. The molecule has 0 saturated carbocycles. The highest BCUT2D eigenvalue weighted by molar-refractivity contribution is 5.92. The number of rotatable bonds is 10. The Bertz CT molecular complexity index is 502. The molecule has 0 aromatic rings. The average molecular weight is 357 g/mol. The van der Waals surface area contributed by atoms with Crippen molar-refractivity contribution in [2.45, 2.75) is 64.1 Å². The Hall–Kier alpha value is -2.16. The Kier molecular flexibility index (Phi) is 8.33. The van der Waals surface area contributed by atoms with Crippen molar-refractivity contribution >= 4 is 23.8 Å². The van der Waals surface area contributed by atoms with Gasteiger partial charge in [-0.15, -0.1) is 0 Å². The molecule has 0 aromatic heterocycles. The molecule has 5 N–H and O–H groups in total. The molecule has 0 unspecified atom stereocenters. The molecule has 0 spiro atoms. The number of carboxylic acid groups (broad SMARTS) is 2. The molecule has 3 atom stereocenters. The first kappa shape index (κ1) is 20.9. The van der Waals surface area contributed by atoms with Crippen LogP contribution >= 0.6 is 0 Å². The van der Waals surface area contributed by atoms with Crippen molar-refractivity contribution in [3.8, 4) is 0 Å². The van der Waals surface area contributed by atoms with Crippen LogP contribution in [0.3, 0.4) is 0 Å². The van der Waals surface area contributed by atoms with E-state index in [0.29, 0.717) is 13.0 Å². The van der Waals surface area contributed by atoms with Crippen LogP contribution in [0, 0.1) is 5.92 Å². The Labute approximate surface area is 146 Å². The number of nitrogens with one attached hydrogen (secondary N) is 3. The predicted octanol–water partition coefficient (Wildman–Crippen LogP) is -0.296. The van der Waals surface area contributed by atoms with Crippen LogP contribution in [0.1, 0.15) is 46.0 Å². The number of hydrogen-bond donors (Lipinski definition) is 5. The van der Waals surface area contributed by atoms with Gasteiger partial charge in [-0.1, -0.05) is 13.8 Å². The summed E-state index contributed by atoms with van der Waals surface area (Å²) in [6.45, 7) is 4.37. The molecule has 1 heterocycles. The summed E-state index contributed by atoms with van der Waals surface area (Å²) in [5.74, 6) is -3.26. The number of hydrogen-bond acceptors (Lipinski definition) is 5. The zero-order chi connectivity index (χ0) is 19.0. The number of amides is 2. The lowest BCUT2D eigenvalue weighted by atomic mass is 10.0. The molecule has 0 aromatic carbocycles. The van der Waals surface area contributed by atoms with E-state index >= 15 is 0 Å². The fraction of sp³-hybridized carbons (Fsp3) is 0.750. The van der Waals surface area contributed by atoms with Gasteiger partial charge in [0.25, 0.3) is 0 Å². The van der Waals surface area contributed by atoms with Crippen molar-refractivity contribution in [1.29, 1.82) is 0 Å². The molecule has 1 aliphatic rings. The van der Waals surface area contributed by atoms with Gasteiger partial charge in [-0.3, -0.25) is 14.4 Å². The molecule has 9 nitrogen and oxygen atoms in total. The first-order chi connectivity index (χ1) is 11.7. The van der Waals surface area contributed by atoms with Crippen LogP contribution in [-0.4, -0.2) is 58.6 Å². The van der Waals surface area contributed by atoms with Crippen molar-refractivity contribution in [2.75, 3.05) is 6.54 Å². The summed E-state index contributed by atoms with van der Waals surface area (Å²) in [5, 5.41) is 26.0. The average Bonchev–Trinajstić information content (AvgIpc) is 3.04. The number of carboxylic acids is 2. The van der Waals surface area contributed by atoms with E-state index in [0.717, 1.165) is 6.42 Å². The van der Waals surface area contributed by atoms with Gasteiger partial charge in [0.05, 0.1) is 6.04 Å². The van der Waals surface area contributed by atoms with E-state index in [-0.39, 0.29) is 31.1 Å². The lowest BCUT2D eigenvalue weighted by Crippen LogP contribution is -2.54. The first-order valence-electron chi connectivity index (χ1n) is 8.49. The quantitative estimate of drug-likeness (QED) is 0.361. The van der Waals surface area contributed by atoms with Crippen molar-refractivity contribution in [3.05, 3.63) is 0 Å². The maximum Gasteiger partial charge on any atom is 0.326 e. The number of carbonyl (C=O) groups is 4. The lowest BCUT2D eigenvalue weighted by molar-refractivity contribution is -0.143. The van der Waals surface area contributed by atoms with E-state index < -0.39 is 36.0 Å². The molecular weight excluding hydrogens is 330 g/mol. The van der Waals surface area contributed by atoms with Gasteiger partial charge in [0.15, 0.2) is 0 Å². The van der Waals surface area contributed by atoms with E-state index in [1.165, 1.54) is 0 Å². The third-order valence-electron chi connectivity index (χ3n) is 3.98. The molecule has 1 aliphatic heterocycles. The van der Waals surface area contributed by atoms with Gasteiger partial charge >= 0.3 is 11.9 Å². The topological polar surface area (TPSA) is 145 Å². The van der Waals surface area contributed by atoms with Gasteiger partial charge in [0.2, 0.25) is 11.8 Å². The molecule has 142 valence electrons. The zero-order valence-corrected chi connectivity index (χ0v) is 14.6. The molecular formula is C16H27N3O6. The molecule has 0 aliphatic carbocycles. The Morgan fingerprint density at radius 3 is 2.28 bits per heavy atom. The third kappa shape index (κ3) is 7.51. The molecule has 9 heteroatoms. The third-order valence-corrected chi connectivity index (χ3v) is 3.98. The van der Waals surface area contributed by atoms with Gasteiger partial charge in [0, 0.05) is 6.42 Å². The van der Waals surface area contributed by atoms with Crippen LogP contribution in [-0.2, 0) is 19.2 Å². The van der Waals surface area contributed by atoms with Crippen LogP contribution in [0.2, 0.25) is 0 Å². The Morgan fingerprint density at radius 2 is 1.80 bits per heavy atom. The van der Waals surface area contributed by atoms with E-state index in [1.54, 1.807) is 0 Å². The fourth-order valence-corrected chi connectivity index (χ4v) is 2.68. The Morgan fingerprint density at radius 1 is 1.12 bits per heavy atom. The second kappa shape index (κ2) is 9.97. The summed E-state index contributed by atoms with van der Waals surface area (Å²) in [5.41, 5.74) is 0. The molecule has 1 fully saturated rings. The van der Waals surface area contributed by atoms with E-state index in [9.17, 15) is 24.3 Å². The highest BCUT2D eigenvalue weighted by Crippen LogP contribution is 2.09. The van der Waals surface area contributed by atoms with Crippen LogP contribution < -0.4 is 16.0 Å². The van der Waals surface area contributed by atoms with Gasteiger partial charge in [0.1, 0.15) is 12.1 Å². The summed E-state index contributed by atoms with van der Waals surface area (Å²) in [7, 11) is 0. The second-order valence-electron chi connectivity index (χ2n) is 6.67. The maximum absolute atomic E-state index is 12.4. The first-order valence-corrected chi connectivity index (χ1v) is 8.49. The van der Waals surface area contributed by atoms with Crippen LogP contribution in [0.25, 0.3) is 0 Å². The summed E-state index contributed by atoms with van der Waals surface area (Å²) in [4.78, 5) is 46.7. The van der Waals surface area contributed by atoms with Crippen molar-refractivity contribution < 1.29 is 29.4 Å². The highest BCUT2D eigenvalue weighted by Gasteiger charge is 2.30. The lowest BCUT2D eigenvalue weighted by Gasteiger charge is -2.23. The summed E-state index contributed by atoms with van der Waals surface area (Å²) < 4.78 is 0. The standard InChI is InChI=1S/C16H27N3O6/c1-9(2)8-12(16(24)25)19-15(23)11(5-6-13(20)21)18-14(22)10-4-3-7-17-10/h9-12,17H,3-8H2,1-2H3,(H,18,22)(H,19,23)(H,20,21)(H,24,25)/t10-,11-,12+/m1/s1. The monoisotopic (exact) mass is 357 g/mol. The second-order valence-corrected chi connectivity index (χ2v) is 6.67. The number of carbonyl (C=O) groups excluding carboxylic acids is 2. The molecule has 0 bridgehead atoms. The van der Waals surface area contributed by atoms with Gasteiger partial charge in [-0.25, -0.2) is 4.79 Å². The largest absolute Gasteiger partial charge is 0.481 e. The van der Waals surface area contributed by atoms with Crippen LogP contribution in [0.15, 0.2) is 0 Å². The minimum Gasteiger partial charge on any atom is -0.481 e. The molecule has 25 heavy (non-hydrogen) atoms. The van der Waals surface area contributed by atoms with Gasteiger partial charge in [-0.05, 0) is 38.1 Å². The van der Waals surface area contributed by atoms with Gasteiger partial charge < -0.3 is 26.2 Å². The minimum atomic E-state index is -1.16. The smallest absolute Gasteiger partial charge is 0.326 e. The van der Waals surface area contributed by atoms with E-state index in [4.69, 9.17) is 5.11 Å². The van der Waals surface area contributed by atoms with E-state index in [2.05, 4.69) is 16.0 Å². The SMILES string of the molecule is CC(C)C[C@H](NC(=O)[C@@H](CCC(=O)O)NC(=O)[C@H]1CCCN1)C(=O)O. The molecule has 2 amide bonds. The summed E-state index contributed by atoms with van der Waals surface area (Å²) in [6, 6.07) is -2.58. The summed E-state index contributed by atoms with van der Waals surface area (Å²) in [6.07, 6.45) is 1.32. The molecule has 1 saturated heterocycles.